The van der Waals surface area contributed by atoms with E-state index in [2.05, 4.69) is 23.5 Å². The van der Waals surface area contributed by atoms with E-state index < -0.39 is 15.9 Å². The predicted octanol–water partition coefficient (Wildman–Crippen LogP) is 6.99. The van der Waals surface area contributed by atoms with Crippen molar-refractivity contribution in [2.45, 2.75) is 42.7 Å². The van der Waals surface area contributed by atoms with Crippen LogP contribution in [0.25, 0.3) is 0 Å². The summed E-state index contributed by atoms with van der Waals surface area (Å²) in [4.78, 5) is 14.5. The first kappa shape index (κ1) is 27.5. The Hall–Kier alpha value is -3.55. The van der Waals surface area contributed by atoms with E-state index in [-0.39, 0.29) is 11.4 Å². The summed E-state index contributed by atoms with van der Waals surface area (Å²) < 4.78 is 28.4. The van der Waals surface area contributed by atoms with Crippen molar-refractivity contribution in [2.75, 3.05) is 16.2 Å². The maximum absolute atomic E-state index is 13.6. The van der Waals surface area contributed by atoms with E-state index in [0.717, 1.165) is 34.4 Å². The molecule has 0 saturated carbocycles. The maximum Gasteiger partial charge on any atom is 0.264 e. The van der Waals surface area contributed by atoms with E-state index in [4.69, 9.17) is 0 Å². The molecule has 4 aromatic carbocycles. The van der Waals surface area contributed by atoms with Gasteiger partial charge in [-0.3, -0.25) is 9.10 Å². The second kappa shape index (κ2) is 12.3. The Bertz CT molecular complexity index is 1480. The van der Waals surface area contributed by atoms with Crippen molar-refractivity contribution in [1.29, 1.82) is 0 Å². The zero-order chi connectivity index (χ0) is 27.1. The normalized spacial score (nSPS) is 11.2. The lowest BCUT2D eigenvalue weighted by molar-refractivity contribution is -0.114. The Morgan fingerprint density at radius 1 is 0.842 bits per heavy atom. The molecule has 0 spiro atoms. The largest absolute Gasteiger partial charge is 0.324 e. The molecule has 0 heterocycles. The van der Waals surface area contributed by atoms with Crippen LogP contribution in [-0.2, 0) is 27.0 Å². The summed E-state index contributed by atoms with van der Waals surface area (Å²) in [6.07, 6.45) is 0.838. The number of rotatable bonds is 10. The molecule has 0 atom stereocenters. The quantitative estimate of drug-likeness (QED) is 0.219. The molecule has 1 N–H and O–H groups in total. The molecule has 5 nitrogen and oxygen atoms in total. The number of nitrogens with zero attached hydrogens (tertiary/aromatic N) is 1. The lowest BCUT2D eigenvalue weighted by atomic mass is 10.1. The summed E-state index contributed by atoms with van der Waals surface area (Å²) in [5, 5.41) is 2.91. The SMILES string of the molecule is CCc1ccc(N(CC(=O)Nc2ccc(CSc3ccccc3)cc2C)S(=O)(=O)c2ccc(C)cc2)cc1. The minimum absolute atomic E-state index is 0.145. The molecule has 0 aliphatic heterocycles. The van der Waals surface area contributed by atoms with Crippen molar-refractivity contribution in [1.82, 2.24) is 0 Å². The molecule has 0 aliphatic carbocycles. The molecular weight excluding hydrogens is 512 g/mol. The summed E-state index contributed by atoms with van der Waals surface area (Å²) in [6.45, 7) is 5.54. The molecule has 4 rings (SSSR count). The second-order valence-corrected chi connectivity index (χ2v) is 12.1. The van der Waals surface area contributed by atoms with Gasteiger partial charge in [0, 0.05) is 16.3 Å². The Kier molecular flexibility index (Phi) is 8.92. The van der Waals surface area contributed by atoms with E-state index in [1.807, 2.05) is 63.2 Å². The average molecular weight is 545 g/mol. The summed E-state index contributed by atoms with van der Waals surface area (Å²) in [7, 11) is -3.96. The van der Waals surface area contributed by atoms with Gasteiger partial charge in [0.1, 0.15) is 6.54 Å². The Labute approximate surface area is 230 Å². The van der Waals surface area contributed by atoms with Crippen LogP contribution in [0.15, 0.2) is 107 Å². The Morgan fingerprint density at radius 2 is 1.50 bits per heavy atom. The van der Waals surface area contributed by atoms with Gasteiger partial charge in [0.05, 0.1) is 10.6 Å². The van der Waals surface area contributed by atoms with Crippen LogP contribution in [0.2, 0.25) is 0 Å². The third-order valence-electron chi connectivity index (χ3n) is 6.24. The van der Waals surface area contributed by atoms with E-state index >= 15 is 0 Å². The highest BCUT2D eigenvalue weighted by molar-refractivity contribution is 7.98. The molecule has 1 amide bonds. The Balaban J connectivity index is 1.52. The van der Waals surface area contributed by atoms with Gasteiger partial charge in [-0.15, -0.1) is 11.8 Å². The highest BCUT2D eigenvalue weighted by Gasteiger charge is 2.27. The van der Waals surface area contributed by atoms with Crippen LogP contribution < -0.4 is 9.62 Å². The summed E-state index contributed by atoms with van der Waals surface area (Å²) >= 11 is 1.75. The zero-order valence-corrected chi connectivity index (χ0v) is 23.5. The maximum atomic E-state index is 13.6. The van der Waals surface area contributed by atoms with Crippen LogP contribution in [0, 0.1) is 13.8 Å². The van der Waals surface area contributed by atoms with Crippen LogP contribution >= 0.6 is 11.8 Å². The number of thioether (sulfide) groups is 1. The molecule has 196 valence electrons. The topological polar surface area (TPSA) is 66.5 Å². The molecule has 0 saturated heterocycles. The number of hydrogen-bond acceptors (Lipinski definition) is 4. The molecule has 0 aliphatic rings. The minimum atomic E-state index is -3.96. The Morgan fingerprint density at radius 3 is 2.13 bits per heavy atom. The molecule has 0 bridgehead atoms. The molecule has 38 heavy (non-hydrogen) atoms. The first-order chi connectivity index (χ1) is 18.3. The highest BCUT2D eigenvalue weighted by atomic mass is 32.2. The molecule has 4 aromatic rings. The van der Waals surface area contributed by atoms with Crippen molar-refractivity contribution in [3.63, 3.8) is 0 Å². The van der Waals surface area contributed by atoms with Crippen LogP contribution in [0.4, 0.5) is 11.4 Å². The highest BCUT2D eigenvalue weighted by Crippen LogP contribution is 2.27. The monoisotopic (exact) mass is 544 g/mol. The van der Waals surface area contributed by atoms with Gasteiger partial charge in [-0.05, 0) is 79.4 Å². The first-order valence-corrected chi connectivity index (χ1v) is 14.9. The molecule has 0 unspecified atom stereocenters. The van der Waals surface area contributed by atoms with Gasteiger partial charge in [-0.1, -0.05) is 67.1 Å². The second-order valence-electron chi connectivity index (χ2n) is 9.14. The first-order valence-electron chi connectivity index (χ1n) is 12.5. The van der Waals surface area contributed by atoms with Gasteiger partial charge in [0.15, 0.2) is 0 Å². The summed E-state index contributed by atoms with van der Waals surface area (Å²) in [5.41, 5.74) is 5.23. The van der Waals surface area contributed by atoms with Gasteiger partial charge in [-0.2, -0.15) is 0 Å². The zero-order valence-electron chi connectivity index (χ0n) is 21.8. The van der Waals surface area contributed by atoms with Gasteiger partial charge >= 0.3 is 0 Å². The third-order valence-corrected chi connectivity index (χ3v) is 9.11. The standard InChI is InChI=1S/C31H32N2O3S2/c1-4-25-12-15-27(16-13-25)33(38(35,36)29-17-10-23(2)11-18-29)21-31(34)32-30-19-14-26(20-24(30)3)22-37-28-8-6-5-7-9-28/h5-20H,4,21-22H2,1-3H3,(H,32,34). The number of benzene rings is 4. The fourth-order valence-corrected chi connectivity index (χ4v) is 6.29. The molecule has 0 aromatic heterocycles. The van der Waals surface area contributed by atoms with Gasteiger partial charge in [0.2, 0.25) is 5.91 Å². The predicted molar refractivity (Wildman–Crippen MR) is 157 cm³/mol. The molecule has 0 fully saturated rings. The van der Waals surface area contributed by atoms with Crippen LogP contribution in [-0.4, -0.2) is 20.9 Å². The van der Waals surface area contributed by atoms with Crippen LogP contribution in [0.1, 0.15) is 29.2 Å². The van der Waals surface area contributed by atoms with Crippen molar-refractivity contribution in [3.8, 4) is 0 Å². The van der Waals surface area contributed by atoms with Gasteiger partial charge < -0.3 is 5.32 Å². The number of aryl methyl sites for hydroxylation is 3. The summed E-state index contributed by atoms with van der Waals surface area (Å²) in [6, 6.07) is 30.1. The fourth-order valence-electron chi connectivity index (χ4n) is 4.01. The van der Waals surface area contributed by atoms with Crippen molar-refractivity contribution in [2.24, 2.45) is 0 Å². The smallest absolute Gasteiger partial charge is 0.264 e. The molecule has 0 radical (unpaired) electrons. The van der Waals surface area contributed by atoms with E-state index in [9.17, 15) is 13.2 Å². The minimum Gasteiger partial charge on any atom is -0.324 e. The van der Waals surface area contributed by atoms with E-state index in [1.165, 1.54) is 9.20 Å². The third kappa shape index (κ3) is 6.85. The van der Waals surface area contributed by atoms with Crippen LogP contribution in [0.3, 0.4) is 0 Å². The molecular formula is C31H32N2O3S2. The number of amides is 1. The average Bonchev–Trinajstić information content (AvgIpc) is 2.93. The van der Waals surface area contributed by atoms with Gasteiger partial charge in [0.25, 0.3) is 10.0 Å². The number of carbonyl (C=O) groups is 1. The number of sulfonamides is 1. The van der Waals surface area contributed by atoms with E-state index in [0.29, 0.717) is 11.4 Å². The van der Waals surface area contributed by atoms with Gasteiger partial charge in [-0.25, -0.2) is 8.42 Å². The lowest BCUT2D eigenvalue weighted by Crippen LogP contribution is -2.38. The lowest BCUT2D eigenvalue weighted by Gasteiger charge is -2.24. The summed E-state index contributed by atoms with van der Waals surface area (Å²) in [5.74, 6) is 0.407. The van der Waals surface area contributed by atoms with E-state index in [1.54, 1.807) is 48.2 Å². The van der Waals surface area contributed by atoms with Crippen molar-refractivity contribution in [3.05, 3.63) is 119 Å². The van der Waals surface area contributed by atoms with Crippen molar-refractivity contribution >= 4 is 39.1 Å². The number of carbonyl (C=O) groups excluding carboxylic acids is 1. The van der Waals surface area contributed by atoms with Crippen molar-refractivity contribution < 1.29 is 13.2 Å². The molecule has 7 heteroatoms. The van der Waals surface area contributed by atoms with Crippen LogP contribution in [0.5, 0.6) is 0 Å². The number of hydrogen-bond donors (Lipinski definition) is 1. The number of nitrogens with one attached hydrogen (secondary N) is 1. The number of anilines is 2. The fraction of sp³-hybridized carbons (Fsp3) is 0.194.